The van der Waals surface area contributed by atoms with Gasteiger partial charge >= 0.3 is 0 Å². The first kappa shape index (κ1) is 22.9. The molecule has 1 amide bonds. The van der Waals surface area contributed by atoms with Gasteiger partial charge < -0.3 is 24.7 Å². The third-order valence-electron chi connectivity index (χ3n) is 5.39. The first-order valence-electron chi connectivity index (χ1n) is 10.5. The number of aromatic carboxylic acids is 1. The van der Waals surface area contributed by atoms with Gasteiger partial charge in [-0.1, -0.05) is 49.6 Å². The van der Waals surface area contributed by atoms with Gasteiger partial charge in [0.1, 0.15) is 18.2 Å². The van der Waals surface area contributed by atoms with Gasteiger partial charge in [0.15, 0.2) is 11.5 Å². The number of carboxylic acid groups (broad SMARTS) is 1. The molecule has 1 fully saturated rings. The number of nitrogens with zero attached hydrogens (tertiary/aromatic N) is 1. The van der Waals surface area contributed by atoms with Crippen molar-refractivity contribution < 1.29 is 24.2 Å². The van der Waals surface area contributed by atoms with E-state index >= 15 is 0 Å². The Kier molecular flexibility index (Phi) is 7.87. The fourth-order valence-corrected chi connectivity index (χ4v) is 3.62. The maximum absolute atomic E-state index is 12.5. The first-order valence-corrected chi connectivity index (χ1v) is 10.5. The van der Waals surface area contributed by atoms with Gasteiger partial charge in [0, 0.05) is 6.04 Å². The second-order valence-electron chi connectivity index (χ2n) is 7.66. The molecule has 2 aromatic rings. The van der Waals surface area contributed by atoms with Crippen molar-refractivity contribution in [3.63, 3.8) is 0 Å². The molecule has 0 radical (unpaired) electrons. The molecule has 0 spiro atoms. The SMILES string of the molecule is COc1cc(/C=C(\C#N)C(=O)NC2CCCCC2)ccc1OCc1ccc(C(=O)[O-])cc1. The molecule has 7 heteroatoms. The lowest BCUT2D eigenvalue weighted by atomic mass is 9.95. The zero-order valence-electron chi connectivity index (χ0n) is 17.9. The number of carbonyl (C=O) groups is 2. The number of hydrogen-bond acceptors (Lipinski definition) is 6. The van der Waals surface area contributed by atoms with Crippen molar-refractivity contribution in [2.45, 2.75) is 44.8 Å². The molecule has 1 N–H and O–H groups in total. The standard InChI is InChI=1S/C25H26N2O5/c1-31-23-14-18(13-20(15-26)24(28)27-21-5-3-2-4-6-21)9-12-22(23)32-16-17-7-10-19(11-8-17)25(29)30/h7-14,21H,2-6,16H2,1H3,(H,27,28)(H,29,30)/p-1/b20-13+. The number of benzene rings is 2. The third-order valence-corrected chi connectivity index (χ3v) is 5.39. The zero-order valence-corrected chi connectivity index (χ0v) is 17.9. The molecular weight excluding hydrogens is 408 g/mol. The average molecular weight is 433 g/mol. The van der Waals surface area contributed by atoms with E-state index in [0.29, 0.717) is 17.1 Å². The molecule has 1 aliphatic carbocycles. The molecule has 1 aliphatic rings. The maximum Gasteiger partial charge on any atom is 0.262 e. The van der Waals surface area contributed by atoms with Gasteiger partial charge in [0.25, 0.3) is 5.91 Å². The van der Waals surface area contributed by atoms with E-state index in [0.717, 1.165) is 31.2 Å². The summed E-state index contributed by atoms with van der Waals surface area (Å²) in [5, 5.41) is 23.2. The zero-order chi connectivity index (χ0) is 22.9. The van der Waals surface area contributed by atoms with E-state index in [1.165, 1.54) is 31.7 Å². The van der Waals surface area contributed by atoms with Crippen molar-refractivity contribution in [2.24, 2.45) is 0 Å². The number of nitriles is 1. The minimum atomic E-state index is -1.23. The van der Waals surface area contributed by atoms with Crippen LogP contribution in [0.25, 0.3) is 6.08 Å². The summed E-state index contributed by atoms with van der Waals surface area (Å²) in [5.74, 6) is -0.653. The largest absolute Gasteiger partial charge is 0.545 e. The van der Waals surface area contributed by atoms with Gasteiger partial charge in [0.05, 0.1) is 13.1 Å². The molecule has 0 atom stereocenters. The Labute approximate surface area is 187 Å². The lowest BCUT2D eigenvalue weighted by Crippen LogP contribution is -2.36. The third kappa shape index (κ3) is 6.11. The van der Waals surface area contributed by atoms with E-state index in [2.05, 4.69) is 5.32 Å². The molecule has 32 heavy (non-hydrogen) atoms. The maximum atomic E-state index is 12.5. The number of hydrogen-bond donors (Lipinski definition) is 1. The Hall–Kier alpha value is -3.79. The molecule has 0 saturated heterocycles. The second kappa shape index (κ2) is 11.0. The van der Waals surface area contributed by atoms with Crippen LogP contribution in [0.1, 0.15) is 53.6 Å². The molecule has 2 aromatic carbocycles. The minimum Gasteiger partial charge on any atom is -0.545 e. The molecule has 1 saturated carbocycles. The fraction of sp³-hybridized carbons (Fsp3) is 0.320. The number of amides is 1. The highest BCUT2D eigenvalue weighted by Crippen LogP contribution is 2.30. The van der Waals surface area contributed by atoms with Crippen LogP contribution in [0.15, 0.2) is 48.0 Å². The van der Waals surface area contributed by atoms with Crippen molar-refractivity contribution in [3.05, 3.63) is 64.7 Å². The molecule has 166 valence electrons. The number of ether oxygens (including phenoxy) is 2. The Morgan fingerprint density at radius 2 is 1.84 bits per heavy atom. The fourth-order valence-electron chi connectivity index (χ4n) is 3.62. The van der Waals surface area contributed by atoms with Gasteiger partial charge in [-0.25, -0.2) is 0 Å². The molecule has 0 aliphatic heterocycles. The number of nitrogens with one attached hydrogen (secondary N) is 1. The van der Waals surface area contributed by atoms with Crippen LogP contribution in [0.4, 0.5) is 0 Å². The highest BCUT2D eigenvalue weighted by atomic mass is 16.5. The summed E-state index contributed by atoms with van der Waals surface area (Å²) >= 11 is 0. The van der Waals surface area contributed by atoms with Gasteiger partial charge in [-0.2, -0.15) is 5.26 Å². The van der Waals surface area contributed by atoms with E-state index in [1.807, 2.05) is 6.07 Å². The predicted molar refractivity (Wildman–Crippen MR) is 117 cm³/mol. The summed E-state index contributed by atoms with van der Waals surface area (Å²) in [6.45, 7) is 0.214. The topological polar surface area (TPSA) is 111 Å². The van der Waals surface area contributed by atoms with E-state index < -0.39 is 5.97 Å². The van der Waals surface area contributed by atoms with Crippen molar-refractivity contribution in [1.29, 1.82) is 5.26 Å². The van der Waals surface area contributed by atoms with Crippen LogP contribution in [-0.2, 0) is 11.4 Å². The van der Waals surface area contributed by atoms with Crippen LogP contribution in [-0.4, -0.2) is 25.0 Å². The summed E-state index contributed by atoms with van der Waals surface area (Å²) in [6.07, 6.45) is 6.79. The van der Waals surface area contributed by atoms with Crippen molar-refractivity contribution in [1.82, 2.24) is 5.32 Å². The molecule has 0 unspecified atom stereocenters. The minimum absolute atomic E-state index is 0.0410. The average Bonchev–Trinajstić information content (AvgIpc) is 2.82. The number of methoxy groups -OCH3 is 1. The number of carboxylic acids is 1. The summed E-state index contributed by atoms with van der Waals surface area (Å²) in [6, 6.07) is 13.5. The molecular formula is C25H25N2O5-. The summed E-state index contributed by atoms with van der Waals surface area (Å²) in [7, 11) is 1.51. The summed E-state index contributed by atoms with van der Waals surface area (Å²) < 4.78 is 11.2. The van der Waals surface area contributed by atoms with Gasteiger partial charge in [-0.15, -0.1) is 0 Å². The van der Waals surface area contributed by atoms with Gasteiger partial charge in [0.2, 0.25) is 0 Å². The second-order valence-corrected chi connectivity index (χ2v) is 7.66. The summed E-state index contributed by atoms with van der Waals surface area (Å²) in [4.78, 5) is 23.3. The molecule has 0 aromatic heterocycles. The highest BCUT2D eigenvalue weighted by molar-refractivity contribution is 6.01. The van der Waals surface area contributed by atoms with Crippen LogP contribution in [0.5, 0.6) is 11.5 Å². The van der Waals surface area contributed by atoms with Crippen LogP contribution in [0.3, 0.4) is 0 Å². The van der Waals surface area contributed by atoms with E-state index in [-0.39, 0.29) is 29.7 Å². The van der Waals surface area contributed by atoms with Crippen molar-refractivity contribution >= 4 is 18.0 Å². The Morgan fingerprint density at radius 3 is 2.47 bits per heavy atom. The molecule has 7 nitrogen and oxygen atoms in total. The Balaban J connectivity index is 1.68. The monoisotopic (exact) mass is 433 g/mol. The van der Waals surface area contributed by atoms with Gasteiger partial charge in [-0.3, -0.25) is 4.79 Å². The number of rotatable bonds is 8. The van der Waals surface area contributed by atoms with E-state index in [4.69, 9.17) is 9.47 Å². The highest BCUT2D eigenvalue weighted by Gasteiger charge is 2.18. The molecule has 3 rings (SSSR count). The lowest BCUT2D eigenvalue weighted by Gasteiger charge is -2.22. The van der Waals surface area contributed by atoms with Crippen LogP contribution in [0, 0.1) is 11.3 Å². The smallest absolute Gasteiger partial charge is 0.262 e. The number of carbonyl (C=O) groups excluding carboxylic acids is 2. The first-order chi connectivity index (χ1) is 15.5. The normalized spacial score (nSPS) is 14.3. The Bertz CT molecular complexity index is 1030. The van der Waals surface area contributed by atoms with Crippen LogP contribution < -0.4 is 19.9 Å². The van der Waals surface area contributed by atoms with Gasteiger partial charge in [-0.05, 0) is 47.7 Å². The molecule has 0 heterocycles. The van der Waals surface area contributed by atoms with Crippen LogP contribution in [0.2, 0.25) is 0 Å². The molecule has 0 bridgehead atoms. The van der Waals surface area contributed by atoms with E-state index in [1.54, 1.807) is 30.3 Å². The Morgan fingerprint density at radius 1 is 1.12 bits per heavy atom. The van der Waals surface area contributed by atoms with Crippen LogP contribution >= 0.6 is 0 Å². The predicted octanol–water partition coefficient (Wildman–Crippen LogP) is 2.99. The van der Waals surface area contributed by atoms with Crippen molar-refractivity contribution in [3.8, 4) is 17.6 Å². The summed E-state index contributed by atoms with van der Waals surface area (Å²) in [5.41, 5.74) is 1.57. The van der Waals surface area contributed by atoms with Crippen molar-refractivity contribution in [2.75, 3.05) is 7.11 Å². The lowest BCUT2D eigenvalue weighted by molar-refractivity contribution is -0.255. The quantitative estimate of drug-likeness (QED) is 0.506. The van der Waals surface area contributed by atoms with E-state index in [9.17, 15) is 20.0 Å².